The van der Waals surface area contributed by atoms with Crippen LogP contribution >= 0.6 is 0 Å². The van der Waals surface area contributed by atoms with Crippen LogP contribution in [0.5, 0.6) is 0 Å². The first kappa shape index (κ1) is 15.9. The largest absolute Gasteiger partial charge is 0.423 e. The van der Waals surface area contributed by atoms with Crippen molar-refractivity contribution in [2.45, 2.75) is 13.3 Å². The standard InChI is InChI=1S/C18H15N5O3/c1-9-8-26-18(25)23(9)12-2-10-4-16(21-7-14(10)15(20)5-12)22-17(24)13-3-11(13)6-19/h2,4-5,7-8,11,13H,3,20H2,1H3,(H,21,22,24). The van der Waals surface area contributed by atoms with Gasteiger partial charge in [-0.05, 0) is 36.9 Å². The van der Waals surface area contributed by atoms with Gasteiger partial charge in [-0.1, -0.05) is 0 Å². The summed E-state index contributed by atoms with van der Waals surface area (Å²) in [6.45, 7) is 1.75. The molecule has 4 rings (SSSR count). The molecule has 0 aliphatic heterocycles. The minimum atomic E-state index is -0.500. The molecular weight excluding hydrogens is 334 g/mol. The monoisotopic (exact) mass is 349 g/mol. The van der Waals surface area contributed by atoms with Crippen molar-refractivity contribution < 1.29 is 9.21 Å². The minimum absolute atomic E-state index is 0.213. The Balaban J connectivity index is 1.72. The number of nitrogens with one attached hydrogen (secondary N) is 1. The number of oxazole rings is 1. The van der Waals surface area contributed by atoms with Gasteiger partial charge in [0, 0.05) is 17.3 Å². The van der Waals surface area contributed by atoms with Crippen molar-refractivity contribution in [3.8, 4) is 11.8 Å². The summed E-state index contributed by atoms with van der Waals surface area (Å²) >= 11 is 0. The molecule has 2 atom stereocenters. The Bertz CT molecular complexity index is 1140. The molecular formula is C18H15N5O3. The Morgan fingerprint density at radius 3 is 2.92 bits per heavy atom. The van der Waals surface area contributed by atoms with Crippen LogP contribution in [0.25, 0.3) is 16.5 Å². The maximum absolute atomic E-state index is 12.1. The molecule has 0 radical (unpaired) electrons. The van der Waals surface area contributed by atoms with Gasteiger partial charge in [-0.2, -0.15) is 5.26 Å². The smallest absolute Gasteiger partial charge is 0.416 e. The van der Waals surface area contributed by atoms with Crippen LogP contribution in [-0.4, -0.2) is 15.5 Å². The van der Waals surface area contributed by atoms with Gasteiger partial charge in [0.1, 0.15) is 12.1 Å². The lowest BCUT2D eigenvalue weighted by Gasteiger charge is -2.10. The number of benzene rings is 1. The highest BCUT2D eigenvalue weighted by molar-refractivity contribution is 5.99. The number of nitrogen functional groups attached to an aromatic ring is 1. The Kier molecular flexibility index (Phi) is 3.51. The molecule has 1 fully saturated rings. The molecule has 1 saturated carbocycles. The highest BCUT2D eigenvalue weighted by atomic mass is 16.4. The zero-order valence-corrected chi connectivity index (χ0v) is 13.9. The molecule has 0 saturated heterocycles. The minimum Gasteiger partial charge on any atom is -0.416 e. The van der Waals surface area contributed by atoms with Gasteiger partial charge in [-0.15, -0.1) is 0 Å². The van der Waals surface area contributed by atoms with Gasteiger partial charge in [-0.3, -0.25) is 4.79 Å². The summed E-state index contributed by atoms with van der Waals surface area (Å²) in [5.74, 6) is -0.830. The zero-order valence-electron chi connectivity index (χ0n) is 13.9. The number of fused-ring (bicyclic) bond motifs is 1. The van der Waals surface area contributed by atoms with E-state index in [9.17, 15) is 9.59 Å². The molecule has 1 aliphatic carbocycles. The zero-order chi connectivity index (χ0) is 18.4. The summed E-state index contributed by atoms with van der Waals surface area (Å²) < 4.78 is 6.32. The molecule has 8 nitrogen and oxygen atoms in total. The maximum Gasteiger partial charge on any atom is 0.423 e. The predicted octanol–water partition coefficient (Wildman–Crippen LogP) is 1.97. The van der Waals surface area contributed by atoms with Crippen LogP contribution in [0, 0.1) is 30.1 Å². The molecule has 130 valence electrons. The van der Waals surface area contributed by atoms with Gasteiger partial charge >= 0.3 is 5.76 Å². The quantitative estimate of drug-likeness (QED) is 0.696. The van der Waals surface area contributed by atoms with Gasteiger partial charge in [0.2, 0.25) is 5.91 Å². The van der Waals surface area contributed by atoms with Crippen molar-refractivity contribution in [1.29, 1.82) is 5.26 Å². The van der Waals surface area contributed by atoms with Crippen LogP contribution in [0.4, 0.5) is 11.5 Å². The Morgan fingerprint density at radius 2 is 2.27 bits per heavy atom. The van der Waals surface area contributed by atoms with Crippen LogP contribution in [0.15, 0.2) is 39.9 Å². The summed E-state index contributed by atoms with van der Waals surface area (Å²) in [6.07, 6.45) is 3.53. The predicted molar refractivity (Wildman–Crippen MR) is 94.6 cm³/mol. The molecule has 2 heterocycles. The third kappa shape index (κ3) is 2.59. The van der Waals surface area contributed by atoms with E-state index in [0.29, 0.717) is 34.7 Å². The lowest BCUT2D eigenvalue weighted by atomic mass is 10.1. The van der Waals surface area contributed by atoms with Gasteiger partial charge in [0.05, 0.1) is 29.3 Å². The number of carbonyl (C=O) groups is 1. The molecule has 2 aromatic heterocycles. The highest BCUT2D eigenvalue weighted by Crippen LogP contribution is 2.38. The molecule has 1 aliphatic rings. The van der Waals surface area contributed by atoms with E-state index >= 15 is 0 Å². The first-order valence-electron chi connectivity index (χ1n) is 8.05. The van der Waals surface area contributed by atoms with Crippen LogP contribution in [0.2, 0.25) is 0 Å². The number of hydrogen-bond acceptors (Lipinski definition) is 6. The third-order valence-electron chi connectivity index (χ3n) is 4.52. The van der Waals surface area contributed by atoms with Crippen LogP contribution in [-0.2, 0) is 4.79 Å². The van der Waals surface area contributed by atoms with E-state index in [0.717, 1.165) is 5.39 Å². The van der Waals surface area contributed by atoms with E-state index in [1.54, 1.807) is 31.3 Å². The lowest BCUT2D eigenvalue weighted by molar-refractivity contribution is -0.117. The second-order valence-electron chi connectivity index (χ2n) is 6.37. The number of pyridine rings is 1. The lowest BCUT2D eigenvalue weighted by Crippen LogP contribution is -2.15. The van der Waals surface area contributed by atoms with Crippen LogP contribution in [0.3, 0.4) is 0 Å². The number of rotatable bonds is 3. The van der Waals surface area contributed by atoms with E-state index in [2.05, 4.69) is 16.4 Å². The van der Waals surface area contributed by atoms with Crippen molar-refractivity contribution in [1.82, 2.24) is 9.55 Å². The van der Waals surface area contributed by atoms with Gasteiger partial charge in [0.25, 0.3) is 0 Å². The van der Waals surface area contributed by atoms with Gasteiger partial charge in [-0.25, -0.2) is 14.3 Å². The van der Waals surface area contributed by atoms with E-state index in [1.165, 1.54) is 10.8 Å². The summed E-state index contributed by atoms with van der Waals surface area (Å²) in [5, 5.41) is 13.0. The molecule has 3 N–H and O–H groups in total. The topological polar surface area (TPSA) is 127 Å². The Morgan fingerprint density at radius 1 is 1.46 bits per heavy atom. The first-order chi connectivity index (χ1) is 12.5. The number of nitrogens with zero attached hydrogens (tertiary/aromatic N) is 3. The molecule has 2 unspecified atom stereocenters. The van der Waals surface area contributed by atoms with Crippen molar-refractivity contribution in [2.75, 3.05) is 11.1 Å². The second-order valence-corrected chi connectivity index (χ2v) is 6.37. The number of aryl methyl sites for hydroxylation is 1. The number of amides is 1. The van der Waals surface area contributed by atoms with Gasteiger partial charge < -0.3 is 15.5 Å². The fourth-order valence-electron chi connectivity index (χ4n) is 3.01. The van der Waals surface area contributed by atoms with Crippen LogP contribution in [0.1, 0.15) is 12.1 Å². The molecule has 1 aromatic carbocycles. The van der Waals surface area contributed by atoms with Crippen molar-refractivity contribution in [3.63, 3.8) is 0 Å². The van der Waals surface area contributed by atoms with Crippen LogP contribution < -0.4 is 16.8 Å². The second kappa shape index (κ2) is 5.74. The highest BCUT2D eigenvalue weighted by Gasteiger charge is 2.43. The summed E-state index contributed by atoms with van der Waals surface area (Å²) in [4.78, 5) is 28.2. The van der Waals surface area contributed by atoms with Gasteiger partial charge in [0.15, 0.2) is 0 Å². The van der Waals surface area contributed by atoms with E-state index < -0.39 is 5.76 Å². The summed E-state index contributed by atoms with van der Waals surface area (Å²) in [6, 6.07) is 7.23. The van der Waals surface area contributed by atoms with E-state index in [4.69, 9.17) is 15.4 Å². The SMILES string of the molecule is Cc1coc(=O)n1-c1cc(N)c2cnc(NC(=O)C3CC3C#N)cc2c1. The third-order valence-corrected chi connectivity index (χ3v) is 4.52. The average Bonchev–Trinajstić information content (AvgIpc) is 3.33. The number of hydrogen-bond donors (Lipinski definition) is 2. The maximum atomic E-state index is 12.1. The normalized spacial score (nSPS) is 18.5. The number of aromatic nitrogens is 2. The summed E-state index contributed by atoms with van der Waals surface area (Å²) in [7, 11) is 0. The Labute approximate surface area is 147 Å². The van der Waals surface area contributed by atoms with E-state index in [1.807, 2.05) is 0 Å². The number of nitrogens with two attached hydrogens (primary N) is 1. The molecule has 8 heteroatoms. The molecule has 0 bridgehead atoms. The molecule has 0 spiro atoms. The molecule has 26 heavy (non-hydrogen) atoms. The number of nitriles is 1. The molecule has 3 aromatic rings. The van der Waals surface area contributed by atoms with E-state index in [-0.39, 0.29) is 17.7 Å². The average molecular weight is 349 g/mol. The fraction of sp³-hybridized carbons (Fsp3) is 0.222. The first-order valence-corrected chi connectivity index (χ1v) is 8.05. The van der Waals surface area contributed by atoms with Crippen molar-refractivity contribution in [2.24, 2.45) is 11.8 Å². The van der Waals surface area contributed by atoms with Crippen molar-refractivity contribution in [3.05, 3.63) is 46.9 Å². The summed E-state index contributed by atoms with van der Waals surface area (Å²) in [5.41, 5.74) is 7.78. The number of carbonyl (C=O) groups excluding carboxylic acids is 1. The Hall–Kier alpha value is -3.60. The molecule has 1 amide bonds. The number of anilines is 2. The van der Waals surface area contributed by atoms with Crippen molar-refractivity contribution >= 4 is 28.2 Å². The fourth-order valence-corrected chi connectivity index (χ4v) is 3.01.